The average molecular weight is 389 g/mol. The molecule has 0 spiro atoms. The molecule has 146 valence electrons. The number of carbonyl (C=O) groups is 1. The number of amides is 1. The molecule has 0 aliphatic heterocycles. The molecular weight excluding hydrogens is 370 g/mol. The van der Waals surface area contributed by atoms with Crippen LogP contribution >= 0.6 is 0 Å². The van der Waals surface area contributed by atoms with Gasteiger partial charge in [0.25, 0.3) is 5.91 Å². The first kappa shape index (κ1) is 19.6. The van der Waals surface area contributed by atoms with E-state index in [1.165, 1.54) is 12.3 Å². The number of hydrogen-bond acceptors (Lipinski definition) is 7. The second-order valence-corrected chi connectivity index (χ2v) is 5.86. The zero-order valence-corrected chi connectivity index (χ0v) is 15.8. The van der Waals surface area contributed by atoms with Gasteiger partial charge in [-0.2, -0.15) is 5.26 Å². The second kappa shape index (κ2) is 9.71. The molecule has 1 heterocycles. The van der Waals surface area contributed by atoms with Crippen molar-refractivity contribution in [1.29, 1.82) is 5.26 Å². The van der Waals surface area contributed by atoms with Crippen LogP contribution < -0.4 is 20.1 Å². The Hall–Kier alpha value is -4.12. The summed E-state index contributed by atoms with van der Waals surface area (Å²) in [6, 6.07) is 17.7. The first-order valence-electron chi connectivity index (χ1n) is 8.83. The van der Waals surface area contributed by atoms with Gasteiger partial charge in [0, 0.05) is 11.9 Å². The SMILES string of the molecule is COc1ccc(OCCNC(=O)c2ccnc(Nc3cccc(C#N)c3)n2)cc1. The third-order valence-electron chi connectivity index (χ3n) is 3.85. The maximum atomic E-state index is 12.3. The lowest BCUT2D eigenvalue weighted by molar-refractivity contribution is 0.0942. The van der Waals surface area contributed by atoms with Crippen molar-refractivity contribution >= 4 is 17.5 Å². The number of ether oxygens (including phenoxy) is 2. The van der Waals surface area contributed by atoms with E-state index in [4.69, 9.17) is 14.7 Å². The first-order chi connectivity index (χ1) is 14.2. The Kier molecular flexibility index (Phi) is 6.58. The molecule has 8 nitrogen and oxygen atoms in total. The molecule has 0 aliphatic carbocycles. The van der Waals surface area contributed by atoms with Gasteiger partial charge in [-0.05, 0) is 48.5 Å². The molecule has 0 saturated heterocycles. The quantitative estimate of drug-likeness (QED) is 0.570. The molecule has 3 rings (SSSR count). The maximum Gasteiger partial charge on any atom is 0.270 e. The van der Waals surface area contributed by atoms with Gasteiger partial charge in [-0.3, -0.25) is 4.79 Å². The van der Waals surface area contributed by atoms with Crippen LogP contribution in [0.1, 0.15) is 16.1 Å². The molecule has 0 saturated carbocycles. The van der Waals surface area contributed by atoms with E-state index in [0.717, 1.165) is 5.75 Å². The van der Waals surface area contributed by atoms with Gasteiger partial charge >= 0.3 is 0 Å². The van der Waals surface area contributed by atoms with Crippen LogP contribution in [-0.4, -0.2) is 36.1 Å². The van der Waals surface area contributed by atoms with E-state index >= 15 is 0 Å². The van der Waals surface area contributed by atoms with E-state index in [1.54, 1.807) is 55.6 Å². The maximum absolute atomic E-state index is 12.3. The van der Waals surface area contributed by atoms with E-state index in [2.05, 4.69) is 26.7 Å². The lowest BCUT2D eigenvalue weighted by Gasteiger charge is -2.09. The Morgan fingerprint density at radius 2 is 1.93 bits per heavy atom. The predicted octanol–water partition coefficient (Wildman–Crippen LogP) is 2.91. The number of benzene rings is 2. The summed E-state index contributed by atoms with van der Waals surface area (Å²) < 4.78 is 10.7. The third kappa shape index (κ3) is 5.68. The van der Waals surface area contributed by atoms with Crippen LogP contribution in [0.15, 0.2) is 60.8 Å². The summed E-state index contributed by atoms with van der Waals surface area (Å²) in [5.74, 6) is 1.37. The zero-order chi connectivity index (χ0) is 20.5. The van der Waals surface area contributed by atoms with Gasteiger partial charge in [0.1, 0.15) is 23.8 Å². The van der Waals surface area contributed by atoms with Gasteiger partial charge in [-0.15, -0.1) is 0 Å². The lowest BCUT2D eigenvalue weighted by atomic mass is 10.2. The molecule has 2 N–H and O–H groups in total. The minimum Gasteiger partial charge on any atom is -0.497 e. The number of rotatable bonds is 8. The summed E-state index contributed by atoms with van der Waals surface area (Å²) in [6.07, 6.45) is 1.49. The summed E-state index contributed by atoms with van der Waals surface area (Å²) in [6.45, 7) is 0.636. The van der Waals surface area contributed by atoms with Crippen molar-refractivity contribution in [3.05, 3.63) is 72.1 Å². The Morgan fingerprint density at radius 3 is 2.69 bits per heavy atom. The van der Waals surface area contributed by atoms with Crippen molar-refractivity contribution in [3.8, 4) is 17.6 Å². The van der Waals surface area contributed by atoms with Gasteiger partial charge in [0.2, 0.25) is 5.95 Å². The lowest BCUT2D eigenvalue weighted by Crippen LogP contribution is -2.29. The number of nitrogens with zero attached hydrogens (tertiary/aromatic N) is 3. The average Bonchev–Trinajstić information content (AvgIpc) is 2.77. The van der Waals surface area contributed by atoms with Gasteiger partial charge in [-0.1, -0.05) is 6.07 Å². The van der Waals surface area contributed by atoms with E-state index in [-0.39, 0.29) is 17.5 Å². The predicted molar refractivity (Wildman–Crippen MR) is 107 cm³/mol. The zero-order valence-electron chi connectivity index (χ0n) is 15.8. The van der Waals surface area contributed by atoms with E-state index < -0.39 is 0 Å². The van der Waals surface area contributed by atoms with Gasteiger partial charge in [0.15, 0.2) is 0 Å². The van der Waals surface area contributed by atoms with E-state index in [1.807, 2.05) is 0 Å². The highest BCUT2D eigenvalue weighted by molar-refractivity contribution is 5.92. The topological polar surface area (TPSA) is 109 Å². The highest BCUT2D eigenvalue weighted by Gasteiger charge is 2.09. The van der Waals surface area contributed by atoms with Crippen LogP contribution in [-0.2, 0) is 0 Å². The van der Waals surface area contributed by atoms with Crippen molar-refractivity contribution in [3.63, 3.8) is 0 Å². The van der Waals surface area contributed by atoms with Gasteiger partial charge in [-0.25, -0.2) is 9.97 Å². The highest BCUT2D eigenvalue weighted by atomic mass is 16.5. The Balaban J connectivity index is 1.51. The molecule has 2 aromatic carbocycles. The number of nitriles is 1. The molecule has 1 aromatic heterocycles. The molecule has 0 aliphatic rings. The minimum absolute atomic E-state index is 0.225. The van der Waals surface area contributed by atoms with Crippen molar-refractivity contribution in [2.75, 3.05) is 25.6 Å². The Labute approximate surface area is 168 Å². The smallest absolute Gasteiger partial charge is 0.270 e. The molecule has 29 heavy (non-hydrogen) atoms. The number of nitrogens with one attached hydrogen (secondary N) is 2. The minimum atomic E-state index is -0.334. The molecule has 0 radical (unpaired) electrons. The first-order valence-corrected chi connectivity index (χ1v) is 8.83. The van der Waals surface area contributed by atoms with Crippen LogP contribution in [0.3, 0.4) is 0 Å². The van der Waals surface area contributed by atoms with Crippen LogP contribution in [0, 0.1) is 11.3 Å². The van der Waals surface area contributed by atoms with Crippen molar-refractivity contribution in [2.45, 2.75) is 0 Å². The normalized spacial score (nSPS) is 9.93. The second-order valence-electron chi connectivity index (χ2n) is 5.86. The molecule has 0 fully saturated rings. The summed E-state index contributed by atoms with van der Waals surface area (Å²) >= 11 is 0. The highest BCUT2D eigenvalue weighted by Crippen LogP contribution is 2.17. The number of anilines is 2. The molecule has 0 bridgehead atoms. The van der Waals surface area contributed by atoms with Crippen LogP contribution in [0.25, 0.3) is 0 Å². The number of methoxy groups -OCH3 is 1. The fourth-order valence-electron chi connectivity index (χ4n) is 2.44. The standard InChI is InChI=1S/C21H19N5O3/c1-28-17-5-7-18(8-6-17)29-12-11-23-20(27)19-9-10-24-21(26-19)25-16-4-2-3-15(13-16)14-22/h2-10,13H,11-12H2,1H3,(H,23,27)(H,24,25,26). The molecule has 0 atom stereocenters. The molecular formula is C21H19N5O3. The Bertz CT molecular complexity index is 1020. The number of aromatic nitrogens is 2. The van der Waals surface area contributed by atoms with E-state index in [0.29, 0.717) is 30.2 Å². The van der Waals surface area contributed by atoms with Crippen molar-refractivity contribution in [2.24, 2.45) is 0 Å². The fourth-order valence-corrected chi connectivity index (χ4v) is 2.44. The summed E-state index contributed by atoms with van der Waals surface area (Å²) in [4.78, 5) is 20.6. The monoisotopic (exact) mass is 389 g/mol. The molecule has 3 aromatic rings. The number of hydrogen-bond donors (Lipinski definition) is 2. The number of carbonyl (C=O) groups excluding carboxylic acids is 1. The molecule has 1 amide bonds. The van der Waals surface area contributed by atoms with Crippen LogP contribution in [0.4, 0.5) is 11.6 Å². The van der Waals surface area contributed by atoms with Gasteiger partial charge in [0.05, 0.1) is 25.3 Å². The summed E-state index contributed by atoms with van der Waals surface area (Å²) in [7, 11) is 1.60. The largest absolute Gasteiger partial charge is 0.497 e. The third-order valence-corrected chi connectivity index (χ3v) is 3.85. The summed E-state index contributed by atoms with van der Waals surface area (Å²) in [5.41, 5.74) is 1.40. The van der Waals surface area contributed by atoms with Gasteiger partial charge < -0.3 is 20.1 Å². The van der Waals surface area contributed by atoms with Crippen molar-refractivity contribution in [1.82, 2.24) is 15.3 Å². The van der Waals surface area contributed by atoms with Crippen LogP contribution in [0.5, 0.6) is 11.5 Å². The molecule has 0 unspecified atom stereocenters. The Morgan fingerprint density at radius 1 is 1.14 bits per heavy atom. The van der Waals surface area contributed by atoms with Crippen molar-refractivity contribution < 1.29 is 14.3 Å². The van der Waals surface area contributed by atoms with E-state index in [9.17, 15) is 4.79 Å². The fraction of sp³-hybridized carbons (Fsp3) is 0.143. The summed E-state index contributed by atoms with van der Waals surface area (Å²) in [5, 5.41) is 14.7. The van der Waals surface area contributed by atoms with Crippen LogP contribution in [0.2, 0.25) is 0 Å². The molecule has 8 heteroatoms.